The third kappa shape index (κ3) is 6.88. The highest BCUT2D eigenvalue weighted by atomic mass is 16.5. The van der Waals surface area contributed by atoms with Gasteiger partial charge in [0.05, 0.1) is 19.6 Å². The van der Waals surface area contributed by atoms with E-state index in [1.165, 1.54) is 0 Å². The van der Waals surface area contributed by atoms with E-state index in [0.717, 1.165) is 18.5 Å². The zero-order valence-electron chi connectivity index (χ0n) is 11.5. The van der Waals surface area contributed by atoms with E-state index < -0.39 is 0 Å². The van der Waals surface area contributed by atoms with Crippen molar-refractivity contribution >= 4 is 5.91 Å². The van der Waals surface area contributed by atoms with Crippen molar-refractivity contribution < 1.29 is 9.53 Å². The minimum absolute atomic E-state index is 0.103. The molecule has 0 spiro atoms. The molecule has 5 heteroatoms. The maximum Gasteiger partial charge on any atom is 0.224 e. The zero-order chi connectivity index (χ0) is 13.9. The fourth-order valence-electron chi connectivity index (χ4n) is 1.63. The average Bonchev–Trinajstić information content (AvgIpc) is 2.45. The van der Waals surface area contributed by atoms with Crippen LogP contribution >= 0.6 is 0 Å². The van der Waals surface area contributed by atoms with Gasteiger partial charge in [-0.1, -0.05) is 6.07 Å². The molecule has 0 atom stereocenters. The minimum atomic E-state index is 0.103. The van der Waals surface area contributed by atoms with Crippen LogP contribution in [0.4, 0.5) is 0 Å². The van der Waals surface area contributed by atoms with Crippen LogP contribution < -0.4 is 5.73 Å². The highest BCUT2D eigenvalue weighted by Gasteiger charge is 2.07. The summed E-state index contributed by atoms with van der Waals surface area (Å²) in [6.07, 6.45) is 3.80. The third-order valence-corrected chi connectivity index (χ3v) is 2.81. The summed E-state index contributed by atoms with van der Waals surface area (Å²) in [4.78, 5) is 17.6. The van der Waals surface area contributed by atoms with Gasteiger partial charge >= 0.3 is 0 Å². The normalized spacial score (nSPS) is 10.4. The molecule has 0 saturated heterocycles. The molecule has 106 valence electrons. The molecule has 2 N–H and O–H groups in total. The molecular formula is C14H23N3O2. The predicted molar refractivity (Wildman–Crippen MR) is 74.7 cm³/mol. The van der Waals surface area contributed by atoms with E-state index in [-0.39, 0.29) is 5.91 Å². The average molecular weight is 265 g/mol. The number of nitrogens with zero attached hydrogens (tertiary/aromatic N) is 2. The minimum Gasteiger partial charge on any atom is -0.381 e. The van der Waals surface area contributed by atoms with Gasteiger partial charge in [0.25, 0.3) is 0 Å². The monoisotopic (exact) mass is 265 g/mol. The van der Waals surface area contributed by atoms with Crippen molar-refractivity contribution in [2.45, 2.75) is 19.3 Å². The number of amides is 1. The molecule has 1 aromatic heterocycles. The number of nitrogens with two attached hydrogens (primary N) is 1. The molecule has 0 unspecified atom stereocenters. The first-order valence-electron chi connectivity index (χ1n) is 6.65. The number of pyridine rings is 1. The molecule has 1 amide bonds. The number of aromatic nitrogens is 1. The van der Waals surface area contributed by atoms with E-state index >= 15 is 0 Å². The van der Waals surface area contributed by atoms with Crippen molar-refractivity contribution in [2.24, 2.45) is 5.73 Å². The van der Waals surface area contributed by atoms with Crippen molar-refractivity contribution in [3.63, 3.8) is 0 Å². The first-order chi connectivity index (χ1) is 9.24. The molecule has 0 aliphatic heterocycles. The van der Waals surface area contributed by atoms with E-state index in [2.05, 4.69) is 4.98 Å². The second kappa shape index (κ2) is 9.47. The lowest BCUT2D eigenvalue weighted by molar-refractivity contribution is -0.131. The summed E-state index contributed by atoms with van der Waals surface area (Å²) in [5.74, 6) is 0.103. The number of ether oxygens (including phenoxy) is 1. The van der Waals surface area contributed by atoms with Crippen LogP contribution in [0.15, 0.2) is 24.4 Å². The first-order valence-corrected chi connectivity index (χ1v) is 6.65. The summed E-state index contributed by atoms with van der Waals surface area (Å²) >= 11 is 0. The van der Waals surface area contributed by atoms with Gasteiger partial charge in [-0.3, -0.25) is 9.78 Å². The Morgan fingerprint density at radius 3 is 2.95 bits per heavy atom. The number of hydrogen-bond donors (Lipinski definition) is 1. The lowest BCUT2D eigenvalue weighted by Gasteiger charge is -2.16. The van der Waals surface area contributed by atoms with Gasteiger partial charge in [0.15, 0.2) is 0 Å². The van der Waals surface area contributed by atoms with Crippen molar-refractivity contribution in [3.05, 3.63) is 30.1 Å². The summed E-state index contributed by atoms with van der Waals surface area (Å²) in [6, 6.07) is 5.81. The van der Waals surface area contributed by atoms with Gasteiger partial charge in [0, 0.05) is 31.9 Å². The molecule has 0 radical (unpaired) electrons. The van der Waals surface area contributed by atoms with Gasteiger partial charge in [-0.15, -0.1) is 0 Å². The quantitative estimate of drug-likeness (QED) is 0.672. The van der Waals surface area contributed by atoms with Crippen LogP contribution in [0, 0.1) is 0 Å². The lowest BCUT2D eigenvalue weighted by atomic mass is 10.3. The summed E-state index contributed by atoms with van der Waals surface area (Å²) in [5, 5.41) is 0. The maximum absolute atomic E-state index is 11.7. The topological polar surface area (TPSA) is 68.5 Å². The molecule has 0 fully saturated rings. The fraction of sp³-hybridized carbons (Fsp3) is 0.571. The maximum atomic E-state index is 11.7. The Morgan fingerprint density at radius 2 is 2.26 bits per heavy atom. The molecule has 0 aliphatic rings. The Morgan fingerprint density at radius 1 is 1.42 bits per heavy atom. The number of carbonyl (C=O) groups excluding carboxylic acids is 1. The third-order valence-electron chi connectivity index (χ3n) is 2.81. The molecule has 0 aromatic carbocycles. The Hall–Kier alpha value is -1.46. The van der Waals surface area contributed by atoms with E-state index in [4.69, 9.17) is 10.5 Å². The number of carbonyl (C=O) groups is 1. The Balaban J connectivity index is 2.05. The molecule has 1 rings (SSSR count). The fourth-order valence-corrected chi connectivity index (χ4v) is 1.63. The van der Waals surface area contributed by atoms with Crippen LogP contribution in [-0.4, -0.2) is 49.1 Å². The highest BCUT2D eigenvalue weighted by molar-refractivity contribution is 5.75. The molecule has 0 saturated carbocycles. The largest absolute Gasteiger partial charge is 0.381 e. The summed E-state index contributed by atoms with van der Waals surface area (Å²) < 4.78 is 5.45. The highest BCUT2D eigenvalue weighted by Crippen LogP contribution is 1.97. The van der Waals surface area contributed by atoms with Gasteiger partial charge < -0.3 is 15.4 Å². The van der Waals surface area contributed by atoms with Crippen LogP contribution in [0.1, 0.15) is 18.5 Å². The van der Waals surface area contributed by atoms with Crippen LogP contribution in [0.2, 0.25) is 0 Å². The lowest BCUT2D eigenvalue weighted by Crippen LogP contribution is -2.29. The van der Waals surface area contributed by atoms with Crippen molar-refractivity contribution in [1.82, 2.24) is 9.88 Å². The molecule has 1 aromatic rings. The Kier molecular flexibility index (Phi) is 7.77. The summed E-state index contributed by atoms with van der Waals surface area (Å²) in [5.41, 5.74) is 6.41. The van der Waals surface area contributed by atoms with E-state index in [1.54, 1.807) is 18.1 Å². The number of hydrogen-bond acceptors (Lipinski definition) is 4. The first kappa shape index (κ1) is 15.6. The molecule has 19 heavy (non-hydrogen) atoms. The second-order valence-corrected chi connectivity index (χ2v) is 4.39. The molecule has 5 nitrogen and oxygen atoms in total. The molecule has 1 heterocycles. The van der Waals surface area contributed by atoms with Crippen molar-refractivity contribution in [2.75, 3.05) is 33.4 Å². The van der Waals surface area contributed by atoms with Crippen molar-refractivity contribution in [1.29, 1.82) is 0 Å². The Bertz CT molecular complexity index is 357. The zero-order valence-corrected chi connectivity index (χ0v) is 11.5. The number of rotatable bonds is 9. The SMILES string of the molecule is CN(CCCN)C(=O)CCOCCc1ccccn1. The molecule has 0 aliphatic carbocycles. The summed E-state index contributed by atoms with van der Waals surface area (Å²) in [6.45, 7) is 2.37. The smallest absolute Gasteiger partial charge is 0.224 e. The van der Waals surface area contributed by atoms with Gasteiger partial charge in [0.1, 0.15) is 0 Å². The predicted octanol–water partition coefficient (Wildman–Crippen LogP) is 0.838. The van der Waals surface area contributed by atoms with Gasteiger partial charge in [0.2, 0.25) is 5.91 Å². The standard InChI is InChI=1S/C14H23N3O2/c1-17(10-4-8-15)14(18)7-12-19-11-6-13-5-2-3-9-16-13/h2-3,5,9H,4,6-8,10-12,15H2,1H3. The van der Waals surface area contributed by atoms with Crippen LogP contribution in [-0.2, 0) is 16.0 Å². The van der Waals surface area contributed by atoms with Gasteiger partial charge in [-0.25, -0.2) is 0 Å². The Labute approximate surface area is 114 Å². The van der Waals surface area contributed by atoms with Crippen molar-refractivity contribution in [3.8, 4) is 0 Å². The van der Waals surface area contributed by atoms with E-state index in [9.17, 15) is 4.79 Å². The van der Waals surface area contributed by atoms with E-state index in [1.807, 2.05) is 18.2 Å². The summed E-state index contributed by atoms with van der Waals surface area (Å²) in [7, 11) is 1.80. The molecule has 0 bridgehead atoms. The molecular weight excluding hydrogens is 242 g/mol. The van der Waals surface area contributed by atoms with E-state index in [0.29, 0.717) is 32.7 Å². The van der Waals surface area contributed by atoms with Crippen LogP contribution in [0.3, 0.4) is 0 Å². The second-order valence-electron chi connectivity index (χ2n) is 4.39. The van der Waals surface area contributed by atoms with Crippen LogP contribution in [0.5, 0.6) is 0 Å². The van der Waals surface area contributed by atoms with Gasteiger partial charge in [-0.05, 0) is 25.1 Å². The van der Waals surface area contributed by atoms with Gasteiger partial charge in [-0.2, -0.15) is 0 Å². The van der Waals surface area contributed by atoms with Crippen LogP contribution in [0.25, 0.3) is 0 Å².